The molecule has 0 aliphatic rings. The van der Waals surface area contributed by atoms with Crippen LogP contribution in [0.25, 0.3) is 0 Å². The molecule has 5 radical (unpaired) electrons. The summed E-state index contributed by atoms with van der Waals surface area (Å²) in [6.45, 7) is 4.46. The summed E-state index contributed by atoms with van der Waals surface area (Å²) in [6, 6.07) is 21.1. The van der Waals surface area contributed by atoms with Gasteiger partial charge in [0.2, 0.25) is 10.5 Å². The quantitative estimate of drug-likeness (QED) is 0.763. The molecule has 0 atom stereocenters. The minimum absolute atomic E-state index is 0.0241. The molecule has 0 saturated carbocycles. The Bertz CT molecular complexity index is 478. The van der Waals surface area contributed by atoms with E-state index in [0.717, 1.165) is 0 Å². The molecule has 101 valence electrons. The van der Waals surface area contributed by atoms with E-state index in [9.17, 15) is 0 Å². The van der Waals surface area contributed by atoms with Crippen molar-refractivity contribution in [2.24, 2.45) is 0 Å². The summed E-state index contributed by atoms with van der Waals surface area (Å²) in [5.74, 6) is 0. The van der Waals surface area contributed by atoms with Gasteiger partial charge in [0.05, 0.1) is 0 Å². The molecule has 0 aromatic heterocycles. The van der Waals surface area contributed by atoms with Gasteiger partial charge < -0.3 is 8.23 Å². The third kappa shape index (κ3) is 3.77. The van der Waals surface area contributed by atoms with Gasteiger partial charge >= 0.3 is 10.0 Å². The zero-order valence-corrected chi connectivity index (χ0v) is 14.7. The van der Waals surface area contributed by atoms with Gasteiger partial charge in [0.1, 0.15) is 0 Å². The van der Waals surface area contributed by atoms with Crippen molar-refractivity contribution in [1.29, 1.82) is 0 Å². The second kappa shape index (κ2) is 7.14. The summed E-state index contributed by atoms with van der Waals surface area (Å²) in [5, 5.41) is 0. The first kappa shape index (κ1) is 15.4. The summed E-state index contributed by atoms with van der Waals surface area (Å²) < 4.78 is 11.0. The van der Waals surface area contributed by atoms with E-state index >= 15 is 0 Å². The van der Waals surface area contributed by atoms with Crippen molar-refractivity contribution in [3.63, 3.8) is 0 Å². The number of hydrogen-bond acceptors (Lipinski definition) is 2. The fourth-order valence-corrected chi connectivity index (χ4v) is 6.34. The maximum absolute atomic E-state index is 6.05. The van der Waals surface area contributed by atoms with Gasteiger partial charge in [0.25, 0.3) is 0 Å². The Morgan fingerprint density at radius 1 is 0.900 bits per heavy atom. The third-order valence-corrected chi connectivity index (χ3v) is 8.14. The average Bonchev–Trinajstić information content (AvgIpc) is 2.47. The maximum atomic E-state index is 6.05. The third-order valence-electron chi connectivity index (χ3n) is 3.31. The Morgan fingerprint density at radius 3 is 1.75 bits per heavy atom. The van der Waals surface area contributed by atoms with Crippen LogP contribution in [0.5, 0.6) is 0 Å². The van der Waals surface area contributed by atoms with Crippen molar-refractivity contribution in [3.05, 3.63) is 71.8 Å². The molecule has 2 nitrogen and oxygen atoms in total. The van der Waals surface area contributed by atoms with Gasteiger partial charge in [-0.15, -0.1) is 0 Å². The molecular weight excluding hydrogens is 296 g/mol. The first-order valence-electron chi connectivity index (χ1n) is 6.50. The van der Waals surface area contributed by atoms with Crippen molar-refractivity contribution in [2.45, 2.75) is 18.6 Å². The molecule has 0 N–H and O–H groups in total. The summed E-state index contributed by atoms with van der Waals surface area (Å²) in [5.41, 5.74) is 2.89. The van der Waals surface area contributed by atoms with Crippen LogP contribution in [-0.2, 0) is 8.23 Å². The van der Waals surface area contributed by atoms with Gasteiger partial charge in [-0.1, -0.05) is 60.7 Å². The molecule has 0 unspecified atom stereocenters. The van der Waals surface area contributed by atoms with E-state index in [0.29, 0.717) is 5.54 Å². The molecule has 0 bridgehead atoms. The number of rotatable bonds is 6. The molecule has 20 heavy (non-hydrogen) atoms. The molecular formula is C15H17O2Si3. The van der Waals surface area contributed by atoms with Crippen LogP contribution in [0.3, 0.4) is 0 Å². The molecule has 0 fully saturated rings. The Balaban J connectivity index is 2.40. The van der Waals surface area contributed by atoms with Crippen LogP contribution in [0.15, 0.2) is 60.7 Å². The summed E-state index contributed by atoms with van der Waals surface area (Å²) in [6.07, 6.45) is 0. The lowest BCUT2D eigenvalue weighted by atomic mass is 10.0. The molecule has 0 heterocycles. The highest BCUT2D eigenvalue weighted by molar-refractivity contribution is 6.76. The Kier molecular flexibility index (Phi) is 5.50. The van der Waals surface area contributed by atoms with E-state index in [1.165, 1.54) is 11.1 Å². The van der Waals surface area contributed by atoms with Crippen LogP contribution in [0, 0.1) is 0 Å². The summed E-state index contributed by atoms with van der Waals surface area (Å²) >= 11 is 0. The normalized spacial score (nSPS) is 11.8. The van der Waals surface area contributed by atoms with E-state index in [1.807, 2.05) is 12.1 Å². The Hall–Kier alpha value is -0.989. The van der Waals surface area contributed by atoms with E-state index < -0.39 is 8.32 Å². The number of benzene rings is 2. The zero-order chi connectivity index (χ0) is 14.4. The van der Waals surface area contributed by atoms with E-state index in [-0.39, 0.29) is 10.0 Å². The van der Waals surface area contributed by atoms with E-state index in [4.69, 9.17) is 8.23 Å². The molecule has 0 aliphatic heterocycles. The first-order chi connectivity index (χ1) is 9.65. The summed E-state index contributed by atoms with van der Waals surface area (Å²) in [7, 11) is 1.07. The van der Waals surface area contributed by atoms with Crippen molar-refractivity contribution >= 4 is 28.8 Å². The molecule has 0 aliphatic carbocycles. The summed E-state index contributed by atoms with van der Waals surface area (Å²) in [4.78, 5) is 0. The second-order valence-corrected chi connectivity index (χ2v) is 10.7. The lowest BCUT2D eigenvalue weighted by Crippen LogP contribution is -2.41. The zero-order valence-electron chi connectivity index (χ0n) is 11.7. The average molecular weight is 314 g/mol. The fourth-order valence-electron chi connectivity index (χ4n) is 2.47. The van der Waals surface area contributed by atoms with Gasteiger partial charge in [0.15, 0.2) is 8.32 Å². The van der Waals surface area contributed by atoms with Crippen LogP contribution >= 0.6 is 0 Å². The Morgan fingerprint density at radius 2 is 1.35 bits per heavy atom. The standard InChI is InChI=1S/C15H17O2Si3/c1-20(2,17-19-16-18)15(13-9-5-3-6-10-13)14-11-7-4-8-12-14/h3-12,15H,1-2H3. The lowest BCUT2D eigenvalue weighted by Gasteiger charge is -2.32. The van der Waals surface area contributed by atoms with Crippen LogP contribution in [-0.4, -0.2) is 28.8 Å². The predicted octanol–water partition coefficient (Wildman–Crippen LogP) is 3.21. The van der Waals surface area contributed by atoms with Crippen LogP contribution in [0.1, 0.15) is 16.7 Å². The van der Waals surface area contributed by atoms with Gasteiger partial charge in [-0.3, -0.25) is 0 Å². The topological polar surface area (TPSA) is 18.5 Å². The molecule has 2 rings (SSSR count). The fraction of sp³-hybridized carbons (Fsp3) is 0.200. The molecule has 2 aromatic carbocycles. The van der Waals surface area contributed by atoms with Gasteiger partial charge in [-0.05, 0) is 24.2 Å². The van der Waals surface area contributed by atoms with Crippen molar-refractivity contribution in [3.8, 4) is 0 Å². The second-order valence-electron chi connectivity index (χ2n) is 5.15. The number of hydrogen-bond donors (Lipinski definition) is 0. The van der Waals surface area contributed by atoms with E-state index in [2.05, 4.69) is 72.1 Å². The van der Waals surface area contributed by atoms with Crippen LogP contribution < -0.4 is 0 Å². The largest absolute Gasteiger partial charge is 0.435 e. The molecule has 0 amide bonds. The first-order valence-corrected chi connectivity index (χ1v) is 10.7. The molecule has 0 saturated heterocycles. The molecule has 0 spiro atoms. The molecule has 2 aromatic rings. The van der Waals surface area contributed by atoms with Crippen molar-refractivity contribution in [2.75, 3.05) is 0 Å². The van der Waals surface area contributed by atoms with E-state index in [1.54, 1.807) is 0 Å². The monoisotopic (exact) mass is 313 g/mol. The predicted molar refractivity (Wildman–Crippen MR) is 85.9 cm³/mol. The smallest absolute Gasteiger partial charge is 0.409 e. The minimum Gasteiger partial charge on any atom is -0.435 e. The highest BCUT2D eigenvalue weighted by Gasteiger charge is 2.36. The molecule has 5 heteroatoms. The SMILES string of the molecule is C[Si](C)(O[Si]O[Si])C(c1ccccc1)c1ccccc1. The van der Waals surface area contributed by atoms with Gasteiger partial charge in [0, 0.05) is 5.54 Å². The van der Waals surface area contributed by atoms with Gasteiger partial charge in [-0.25, -0.2) is 0 Å². The van der Waals surface area contributed by atoms with Gasteiger partial charge in [-0.2, -0.15) is 0 Å². The lowest BCUT2D eigenvalue weighted by molar-refractivity contribution is 0.470. The maximum Gasteiger partial charge on any atom is 0.409 e. The van der Waals surface area contributed by atoms with Crippen molar-refractivity contribution < 1.29 is 8.23 Å². The highest BCUT2D eigenvalue weighted by Crippen LogP contribution is 2.34. The highest BCUT2D eigenvalue weighted by atomic mass is 28.4. The van der Waals surface area contributed by atoms with Crippen LogP contribution in [0.4, 0.5) is 0 Å². The Labute approximate surface area is 127 Å². The minimum atomic E-state index is -1.98. The van der Waals surface area contributed by atoms with Crippen molar-refractivity contribution in [1.82, 2.24) is 0 Å². The van der Waals surface area contributed by atoms with Crippen LogP contribution in [0.2, 0.25) is 13.1 Å².